The van der Waals surface area contributed by atoms with Crippen LogP contribution in [0.3, 0.4) is 0 Å². The van der Waals surface area contributed by atoms with Crippen LogP contribution in [0.4, 0.5) is 0 Å². The minimum atomic E-state index is -3.48. The first kappa shape index (κ1) is 22.7. The highest BCUT2D eigenvalue weighted by Gasteiger charge is 2.31. The molecule has 0 spiro atoms. The van der Waals surface area contributed by atoms with Gasteiger partial charge in [0.1, 0.15) is 6.04 Å². The van der Waals surface area contributed by atoms with Crippen molar-refractivity contribution in [1.82, 2.24) is 14.5 Å². The third-order valence-electron chi connectivity index (χ3n) is 4.54. The molecular formula is C19H29N3O4S2. The number of benzene rings is 1. The third-order valence-corrected chi connectivity index (χ3v) is 6.22. The number of amides is 2. The van der Waals surface area contributed by atoms with E-state index in [1.54, 1.807) is 9.80 Å². The van der Waals surface area contributed by atoms with Gasteiger partial charge in [0.2, 0.25) is 21.8 Å². The number of sulfonamides is 1. The van der Waals surface area contributed by atoms with Gasteiger partial charge in [0.15, 0.2) is 0 Å². The van der Waals surface area contributed by atoms with Crippen molar-refractivity contribution >= 4 is 33.6 Å². The molecule has 1 saturated heterocycles. The molecule has 1 aliphatic rings. The van der Waals surface area contributed by atoms with Crippen molar-refractivity contribution < 1.29 is 18.0 Å². The van der Waals surface area contributed by atoms with Crippen LogP contribution in [0.1, 0.15) is 20.3 Å². The Labute approximate surface area is 171 Å². The first-order chi connectivity index (χ1) is 13.2. The van der Waals surface area contributed by atoms with Gasteiger partial charge in [-0.25, -0.2) is 13.1 Å². The summed E-state index contributed by atoms with van der Waals surface area (Å²) in [6.45, 7) is 5.62. The van der Waals surface area contributed by atoms with Crippen LogP contribution in [-0.2, 0) is 19.6 Å². The predicted octanol–water partition coefficient (Wildman–Crippen LogP) is 1.41. The smallest absolute Gasteiger partial charge is 0.241 e. The minimum Gasteiger partial charge on any atom is -0.340 e. The lowest BCUT2D eigenvalue weighted by Crippen LogP contribution is -2.51. The fraction of sp³-hybridized carbons (Fsp3) is 0.579. The number of carbonyl (C=O) groups excluding carboxylic acids is 2. The van der Waals surface area contributed by atoms with Gasteiger partial charge in [-0.2, -0.15) is 0 Å². The molecule has 2 rings (SSSR count). The highest BCUT2D eigenvalue weighted by Crippen LogP contribution is 2.18. The number of carbonyl (C=O) groups is 2. The van der Waals surface area contributed by atoms with Crippen LogP contribution in [0.2, 0.25) is 0 Å². The van der Waals surface area contributed by atoms with Crippen molar-refractivity contribution in [2.24, 2.45) is 5.92 Å². The largest absolute Gasteiger partial charge is 0.340 e. The molecule has 1 aromatic carbocycles. The van der Waals surface area contributed by atoms with E-state index in [-0.39, 0.29) is 17.7 Å². The van der Waals surface area contributed by atoms with Crippen molar-refractivity contribution in [2.75, 3.05) is 38.2 Å². The second kappa shape index (κ2) is 10.3. The van der Waals surface area contributed by atoms with Crippen LogP contribution in [0, 0.1) is 5.92 Å². The molecule has 9 heteroatoms. The average Bonchev–Trinajstić information content (AvgIpc) is 2.90. The summed E-state index contributed by atoms with van der Waals surface area (Å²) in [5.74, 6) is 0.0269. The van der Waals surface area contributed by atoms with E-state index in [2.05, 4.69) is 4.72 Å². The Morgan fingerprint density at radius 3 is 2.29 bits per heavy atom. The third kappa shape index (κ3) is 7.10. The summed E-state index contributed by atoms with van der Waals surface area (Å²) in [6, 6.07) is 8.99. The zero-order valence-electron chi connectivity index (χ0n) is 16.6. The average molecular weight is 428 g/mol. The second-order valence-electron chi connectivity index (χ2n) is 7.27. The molecule has 1 aliphatic heterocycles. The normalized spacial score (nSPS) is 16.7. The summed E-state index contributed by atoms with van der Waals surface area (Å²) >= 11 is 1.50. The molecule has 0 saturated carbocycles. The first-order valence-corrected chi connectivity index (χ1v) is 12.3. The molecule has 1 fully saturated rings. The van der Waals surface area contributed by atoms with Gasteiger partial charge in [-0.05, 0) is 24.5 Å². The number of thioether (sulfide) groups is 1. The van der Waals surface area contributed by atoms with Crippen LogP contribution in [-0.4, -0.2) is 74.3 Å². The van der Waals surface area contributed by atoms with E-state index in [1.807, 2.05) is 44.2 Å². The lowest BCUT2D eigenvalue weighted by atomic mass is 10.0. The van der Waals surface area contributed by atoms with Gasteiger partial charge in [0, 0.05) is 31.1 Å². The Balaban J connectivity index is 1.92. The molecule has 156 valence electrons. The summed E-state index contributed by atoms with van der Waals surface area (Å²) in [5.41, 5.74) is 0. The summed E-state index contributed by atoms with van der Waals surface area (Å²) < 4.78 is 25.6. The highest BCUT2D eigenvalue weighted by atomic mass is 32.2. The molecule has 1 aromatic rings. The summed E-state index contributed by atoms with van der Waals surface area (Å²) in [5, 5.41) is 0. The molecule has 0 bridgehead atoms. The van der Waals surface area contributed by atoms with E-state index in [4.69, 9.17) is 0 Å². The molecule has 1 atom stereocenters. The van der Waals surface area contributed by atoms with Gasteiger partial charge in [0.05, 0.1) is 12.0 Å². The van der Waals surface area contributed by atoms with E-state index in [0.29, 0.717) is 38.4 Å². The fourth-order valence-electron chi connectivity index (χ4n) is 3.04. The Bertz CT molecular complexity index is 769. The molecule has 28 heavy (non-hydrogen) atoms. The van der Waals surface area contributed by atoms with E-state index in [9.17, 15) is 18.0 Å². The lowest BCUT2D eigenvalue weighted by Gasteiger charge is -2.28. The van der Waals surface area contributed by atoms with Crippen LogP contribution in [0.5, 0.6) is 0 Å². The second-order valence-corrected chi connectivity index (χ2v) is 10.1. The molecule has 1 heterocycles. The van der Waals surface area contributed by atoms with E-state index >= 15 is 0 Å². The minimum absolute atomic E-state index is 0.0535. The van der Waals surface area contributed by atoms with Crippen molar-refractivity contribution in [2.45, 2.75) is 31.2 Å². The number of nitrogens with one attached hydrogen (secondary N) is 1. The summed E-state index contributed by atoms with van der Waals surface area (Å²) in [4.78, 5) is 29.9. The van der Waals surface area contributed by atoms with Gasteiger partial charge < -0.3 is 9.80 Å². The van der Waals surface area contributed by atoms with Crippen molar-refractivity contribution in [1.29, 1.82) is 0 Å². The van der Waals surface area contributed by atoms with Crippen molar-refractivity contribution in [3.8, 4) is 0 Å². The van der Waals surface area contributed by atoms with Crippen molar-refractivity contribution in [3.63, 3.8) is 0 Å². The number of rotatable bonds is 7. The zero-order chi connectivity index (χ0) is 20.7. The summed E-state index contributed by atoms with van der Waals surface area (Å²) in [7, 11) is -3.48. The van der Waals surface area contributed by atoms with Gasteiger partial charge in [-0.1, -0.05) is 32.0 Å². The lowest BCUT2D eigenvalue weighted by molar-refractivity contribution is -0.134. The fourth-order valence-corrected chi connectivity index (χ4v) is 4.70. The molecule has 1 unspecified atom stereocenters. The summed E-state index contributed by atoms with van der Waals surface area (Å²) in [6.07, 6.45) is 1.74. The van der Waals surface area contributed by atoms with E-state index < -0.39 is 16.1 Å². The monoisotopic (exact) mass is 427 g/mol. The Morgan fingerprint density at radius 1 is 1.07 bits per heavy atom. The van der Waals surface area contributed by atoms with Gasteiger partial charge in [0.25, 0.3) is 0 Å². The molecule has 7 nitrogen and oxygen atoms in total. The molecule has 0 radical (unpaired) electrons. The van der Waals surface area contributed by atoms with Crippen LogP contribution < -0.4 is 4.72 Å². The van der Waals surface area contributed by atoms with Crippen LogP contribution in [0.25, 0.3) is 0 Å². The standard InChI is InChI=1S/C19H29N3O4S2/c1-15(2)18(20-28(3,25)26)19(24)22-11-7-10-21(12-13-22)17(23)14-27-16-8-5-4-6-9-16/h4-6,8-9,15,18,20H,7,10-14H2,1-3H3. The Morgan fingerprint density at radius 2 is 1.68 bits per heavy atom. The topological polar surface area (TPSA) is 86.8 Å². The quantitative estimate of drug-likeness (QED) is 0.665. The number of hydrogen-bond acceptors (Lipinski definition) is 5. The molecular weight excluding hydrogens is 398 g/mol. The zero-order valence-corrected chi connectivity index (χ0v) is 18.3. The number of hydrogen-bond donors (Lipinski definition) is 1. The SMILES string of the molecule is CC(C)C(NS(C)(=O)=O)C(=O)N1CCCN(C(=O)CSc2ccccc2)CC1. The maximum Gasteiger partial charge on any atom is 0.241 e. The molecule has 0 aromatic heterocycles. The molecule has 0 aliphatic carbocycles. The van der Waals surface area contributed by atoms with Gasteiger partial charge >= 0.3 is 0 Å². The van der Waals surface area contributed by atoms with E-state index in [0.717, 1.165) is 11.2 Å². The molecule has 2 amide bonds. The van der Waals surface area contributed by atoms with E-state index in [1.165, 1.54) is 11.8 Å². The van der Waals surface area contributed by atoms with Crippen LogP contribution >= 0.6 is 11.8 Å². The Hall–Kier alpha value is -1.58. The van der Waals surface area contributed by atoms with Gasteiger partial charge in [-0.15, -0.1) is 11.8 Å². The molecule has 1 N–H and O–H groups in total. The number of nitrogens with zero attached hydrogens (tertiary/aromatic N) is 2. The van der Waals surface area contributed by atoms with Crippen LogP contribution in [0.15, 0.2) is 35.2 Å². The van der Waals surface area contributed by atoms with Crippen molar-refractivity contribution in [3.05, 3.63) is 30.3 Å². The maximum atomic E-state index is 12.8. The Kier molecular flexibility index (Phi) is 8.33. The first-order valence-electron chi connectivity index (χ1n) is 9.39. The van der Waals surface area contributed by atoms with Gasteiger partial charge in [-0.3, -0.25) is 9.59 Å². The maximum absolute atomic E-state index is 12.8. The predicted molar refractivity (Wildman–Crippen MR) is 112 cm³/mol. The highest BCUT2D eigenvalue weighted by molar-refractivity contribution is 8.00.